The molecule has 0 unspecified atom stereocenters. The number of rotatable bonds is 11. The first kappa shape index (κ1) is 22.6. The molecule has 0 fully saturated rings. The molecule has 0 aromatic rings. The van der Waals surface area contributed by atoms with Crippen molar-refractivity contribution < 1.29 is 28.9 Å². The first-order chi connectivity index (χ1) is 10.5. The summed E-state index contributed by atoms with van der Waals surface area (Å²) in [7, 11) is 0. The second-order valence-corrected chi connectivity index (χ2v) is 3.96. The van der Waals surface area contributed by atoms with Gasteiger partial charge in [-0.25, -0.2) is 9.59 Å². The van der Waals surface area contributed by atoms with E-state index in [2.05, 4.69) is 11.3 Å². The number of carbonyl (C=O) groups is 2. The zero-order valence-corrected chi connectivity index (χ0v) is 13.8. The summed E-state index contributed by atoms with van der Waals surface area (Å²) >= 11 is 0. The van der Waals surface area contributed by atoms with Crippen LogP contribution in [-0.2, 0) is 23.8 Å². The highest BCUT2D eigenvalue weighted by Gasteiger charge is 2.04. The number of allylic oxidation sites excluding steroid dienone is 1. The van der Waals surface area contributed by atoms with Gasteiger partial charge in [-0.15, -0.1) is 0 Å². The van der Waals surface area contributed by atoms with Crippen molar-refractivity contribution in [3.8, 4) is 0 Å². The van der Waals surface area contributed by atoms with Crippen LogP contribution in [0.4, 0.5) is 0 Å². The Morgan fingerprint density at radius 2 is 1.64 bits per heavy atom. The minimum absolute atomic E-state index is 0.304. The maximum absolute atomic E-state index is 10.6. The third-order valence-electron chi connectivity index (χ3n) is 2.29. The van der Waals surface area contributed by atoms with Crippen LogP contribution in [-0.4, -0.2) is 50.1 Å². The second-order valence-electron chi connectivity index (χ2n) is 3.96. The molecule has 0 saturated heterocycles. The zero-order chi connectivity index (χ0) is 17.2. The maximum atomic E-state index is 10.6. The van der Waals surface area contributed by atoms with E-state index in [1.165, 1.54) is 0 Å². The van der Waals surface area contributed by atoms with Crippen molar-refractivity contribution >= 4 is 11.9 Å². The summed E-state index contributed by atoms with van der Waals surface area (Å²) in [5, 5.41) is 8.68. The summed E-state index contributed by atoms with van der Waals surface area (Å²) in [6.07, 6.45) is 4.11. The summed E-state index contributed by atoms with van der Waals surface area (Å²) in [6.45, 7) is 11.5. The van der Waals surface area contributed by atoms with Crippen LogP contribution in [0.1, 0.15) is 33.6 Å². The Morgan fingerprint density at radius 1 is 1.05 bits per heavy atom. The summed E-state index contributed by atoms with van der Waals surface area (Å²) in [4.78, 5) is 20.9. The van der Waals surface area contributed by atoms with Crippen molar-refractivity contribution in [1.82, 2.24) is 0 Å². The SMILES string of the molecule is C=CC(=O)OCCOCC.CCC=C(CCOCC)C(=O)O. The monoisotopic (exact) mass is 316 g/mol. The smallest absolute Gasteiger partial charge is 0.331 e. The number of ether oxygens (including phenoxy) is 3. The lowest BCUT2D eigenvalue weighted by Crippen LogP contribution is -2.07. The Bertz CT molecular complexity index is 336. The number of carboxylic acids is 1. The molecule has 0 atom stereocenters. The van der Waals surface area contributed by atoms with Crippen LogP contribution in [0.15, 0.2) is 24.3 Å². The van der Waals surface area contributed by atoms with E-state index < -0.39 is 11.9 Å². The van der Waals surface area contributed by atoms with Crippen molar-refractivity contribution in [3.05, 3.63) is 24.3 Å². The minimum Gasteiger partial charge on any atom is -0.478 e. The number of esters is 1. The molecule has 0 bridgehead atoms. The molecule has 0 heterocycles. The maximum Gasteiger partial charge on any atom is 0.331 e. The van der Waals surface area contributed by atoms with E-state index in [9.17, 15) is 9.59 Å². The van der Waals surface area contributed by atoms with Crippen LogP contribution in [0.3, 0.4) is 0 Å². The van der Waals surface area contributed by atoms with Crippen LogP contribution >= 0.6 is 0 Å². The van der Waals surface area contributed by atoms with Gasteiger partial charge >= 0.3 is 11.9 Å². The van der Waals surface area contributed by atoms with Crippen molar-refractivity contribution in [2.75, 3.05) is 33.0 Å². The molecule has 0 aliphatic carbocycles. The van der Waals surface area contributed by atoms with E-state index in [-0.39, 0.29) is 0 Å². The largest absolute Gasteiger partial charge is 0.478 e. The normalized spacial score (nSPS) is 10.4. The van der Waals surface area contributed by atoms with Crippen molar-refractivity contribution in [1.29, 1.82) is 0 Å². The Hall–Kier alpha value is -1.66. The molecule has 0 rings (SSSR count). The van der Waals surface area contributed by atoms with Gasteiger partial charge in [0.25, 0.3) is 0 Å². The first-order valence-electron chi connectivity index (χ1n) is 7.40. The molecule has 0 aliphatic rings. The molecule has 6 heteroatoms. The molecule has 0 aromatic carbocycles. The van der Waals surface area contributed by atoms with E-state index in [0.717, 1.165) is 12.5 Å². The van der Waals surface area contributed by atoms with Crippen LogP contribution in [0.2, 0.25) is 0 Å². The van der Waals surface area contributed by atoms with Crippen molar-refractivity contribution in [3.63, 3.8) is 0 Å². The highest BCUT2D eigenvalue weighted by atomic mass is 16.6. The molecule has 6 nitrogen and oxygen atoms in total. The zero-order valence-electron chi connectivity index (χ0n) is 13.8. The minimum atomic E-state index is -0.837. The van der Waals surface area contributed by atoms with Crippen LogP contribution in [0.5, 0.6) is 0 Å². The van der Waals surface area contributed by atoms with E-state index in [1.807, 2.05) is 20.8 Å². The van der Waals surface area contributed by atoms with Gasteiger partial charge in [-0.3, -0.25) is 0 Å². The second kappa shape index (κ2) is 17.4. The van der Waals surface area contributed by atoms with Gasteiger partial charge < -0.3 is 19.3 Å². The molecular weight excluding hydrogens is 288 g/mol. The molecular formula is C16H28O6. The van der Waals surface area contributed by atoms with Crippen LogP contribution in [0.25, 0.3) is 0 Å². The van der Waals surface area contributed by atoms with Gasteiger partial charge in [-0.2, -0.15) is 0 Å². The first-order valence-corrected chi connectivity index (χ1v) is 7.40. The van der Waals surface area contributed by atoms with Gasteiger partial charge in [-0.1, -0.05) is 19.6 Å². The fourth-order valence-corrected chi connectivity index (χ4v) is 1.27. The van der Waals surface area contributed by atoms with Gasteiger partial charge in [0, 0.05) is 31.3 Å². The van der Waals surface area contributed by atoms with Crippen LogP contribution < -0.4 is 0 Å². The van der Waals surface area contributed by atoms with Gasteiger partial charge in [0.05, 0.1) is 13.2 Å². The molecule has 0 aromatic heterocycles. The topological polar surface area (TPSA) is 82.1 Å². The van der Waals surface area contributed by atoms with Crippen molar-refractivity contribution in [2.24, 2.45) is 0 Å². The van der Waals surface area contributed by atoms with Crippen LogP contribution in [0, 0.1) is 0 Å². The van der Waals surface area contributed by atoms with E-state index in [0.29, 0.717) is 45.0 Å². The summed E-state index contributed by atoms with van der Waals surface area (Å²) < 4.78 is 14.6. The highest BCUT2D eigenvalue weighted by molar-refractivity contribution is 5.86. The van der Waals surface area contributed by atoms with Crippen molar-refractivity contribution in [2.45, 2.75) is 33.6 Å². The average Bonchev–Trinajstić information content (AvgIpc) is 2.51. The molecule has 0 amide bonds. The summed E-state index contributed by atoms with van der Waals surface area (Å²) in [5.41, 5.74) is 0.450. The number of hydrogen-bond acceptors (Lipinski definition) is 5. The summed E-state index contributed by atoms with van der Waals surface area (Å²) in [5.74, 6) is -1.24. The van der Waals surface area contributed by atoms with E-state index in [1.54, 1.807) is 6.08 Å². The lowest BCUT2D eigenvalue weighted by atomic mass is 10.1. The van der Waals surface area contributed by atoms with Gasteiger partial charge in [-0.05, 0) is 20.3 Å². The molecule has 22 heavy (non-hydrogen) atoms. The van der Waals surface area contributed by atoms with Gasteiger partial charge in [0.2, 0.25) is 0 Å². The molecule has 1 N–H and O–H groups in total. The highest BCUT2D eigenvalue weighted by Crippen LogP contribution is 2.03. The number of aliphatic carboxylic acids is 1. The summed E-state index contributed by atoms with van der Waals surface area (Å²) in [6, 6.07) is 0. The quantitative estimate of drug-likeness (QED) is 0.358. The predicted octanol–water partition coefficient (Wildman–Crippen LogP) is 2.59. The third kappa shape index (κ3) is 16.4. The molecule has 0 saturated carbocycles. The lowest BCUT2D eigenvalue weighted by molar-refractivity contribution is -0.139. The fourth-order valence-electron chi connectivity index (χ4n) is 1.27. The molecule has 0 radical (unpaired) electrons. The Labute approximate surface area is 132 Å². The van der Waals surface area contributed by atoms with Gasteiger partial charge in [0.1, 0.15) is 6.61 Å². The van der Waals surface area contributed by atoms with E-state index in [4.69, 9.17) is 14.6 Å². The number of carbonyl (C=O) groups excluding carboxylic acids is 1. The number of hydrogen-bond donors (Lipinski definition) is 1. The average molecular weight is 316 g/mol. The van der Waals surface area contributed by atoms with E-state index >= 15 is 0 Å². The molecule has 128 valence electrons. The molecule has 0 aliphatic heterocycles. The molecule has 0 spiro atoms. The third-order valence-corrected chi connectivity index (χ3v) is 2.29. The van der Waals surface area contributed by atoms with Gasteiger partial charge in [0.15, 0.2) is 0 Å². The standard InChI is InChI=1S/C9H16O3.C7H12O3/c1-3-5-8(9(10)11)6-7-12-4-2;1-3-7(8)10-6-5-9-4-2/h5H,3-4,6-7H2,1-2H3,(H,10,11);3H,1,4-6H2,2H3. The Balaban J connectivity index is 0. The Morgan fingerprint density at radius 3 is 2.09 bits per heavy atom. The fraction of sp³-hybridized carbons (Fsp3) is 0.625. The number of carboxylic acid groups (broad SMARTS) is 1. The Kier molecular flexibility index (Phi) is 17.9. The predicted molar refractivity (Wildman–Crippen MR) is 84.8 cm³/mol. The lowest BCUT2D eigenvalue weighted by Gasteiger charge is -2.01.